The van der Waals surface area contributed by atoms with Crippen LogP contribution in [0.15, 0.2) is 61.4 Å². The lowest BCUT2D eigenvalue weighted by molar-refractivity contribution is -0.132. The van der Waals surface area contributed by atoms with E-state index < -0.39 is 0 Å². The van der Waals surface area contributed by atoms with Crippen LogP contribution in [0.1, 0.15) is 30.9 Å². The van der Waals surface area contributed by atoms with Crippen LogP contribution in [-0.4, -0.2) is 67.5 Å². The zero-order valence-electron chi connectivity index (χ0n) is 19.6. The Kier molecular flexibility index (Phi) is 7.98. The highest BCUT2D eigenvalue weighted by Gasteiger charge is 2.21. The van der Waals surface area contributed by atoms with Crippen LogP contribution in [0.25, 0.3) is 0 Å². The third-order valence-corrected chi connectivity index (χ3v) is 6.03. The molecule has 34 heavy (non-hydrogen) atoms. The highest BCUT2D eigenvalue weighted by molar-refractivity contribution is 5.92. The average molecular weight is 462 g/mol. The molecule has 178 valence electrons. The van der Waals surface area contributed by atoms with Crippen molar-refractivity contribution in [2.45, 2.75) is 39.4 Å². The first-order valence-corrected chi connectivity index (χ1v) is 11.7. The first-order valence-electron chi connectivity index (χ1n) is 11.7. The second-order valence-corrected chi connectivity index (χ2v) is 8.55. The van der Waals surface area contributed by atoms with E-state index in [1.165, 1.54) is 6.33 Å². The van der Waals surface area contributed by atoms with Gasteiger partial charge in [0.25, 0.3) is 0 Å². The summed E-state index contributed by atoms with van der Waals surface area (Å²) in [4.78, 5) is 40.1. The molecule has 1 aliphatic heterocycles. The molecule has 9 heteroatoms. The summed E-state index contributed by atoms with van der Waals surface area (Å²) < 4.78 is 1.54. The van der Waals surface area contributed by atoms with Crippen molar-refractivity contribution in [3.05, 3.63) is 72.6 Å². The number of carbonyl (C=O) groups excluding carboxylic acids is 2. The molecule has 0 spiro atoms. The van der Waals surface area contributed by atoms with Gasteiger partial charge in [-0.3, -0.25) is 19.5 Å². The van der Waals surface area contributed by atoms with E-state index in [4.69, 9.17) is 0 Å². The maximum absolute atomic E-state index is 13.2. The Labute approximate surface area is 200 Å². The molecule has 1 aliphatic rings. The fourth-order valence-corrected chi connectivity index (χ4v) is 4.36. The molecule has 3 aromatic rings. The number of anilines is 1. The average Bonchev–Trinajstić information content (AvgIpc) is 3.34. The molecule has 0 unspecified atom stereocenters. The van der Waals surface area contributed by atoms with Crippen LogP contribution < -0.4 is 4.90 Å². The molecule has 2 aromatic heterocycles. The van der Waals surface area contributed by atoms with E-state index in [0.717, 1.165) is 49.3 Å². The van der Waals surface area contributed by atoms with Crippen molar-refractivity contribution in [3.63, 3.8) is 0 Å². The minimum absolute atomic E-state index is 0.00353. The standard InChI is InChI=1S/C25H31N7O2/c1-21(33)32-14-6-12-29(16-22-7-4-10-26-15-22)11-5-13-30(17-23-8-2-3-9-24(23)32)25(34)18-31-20-27-19-28-31/h2-4,7-10,15,19-20H,5-6,11-14,16-18H2,1H3. The number of pyridine rings is 1. The van der Waals surface area contributed by atoms with Crippen molar-refractivity contribution < 1.29 is 9.59 Å². The Morgan fingerprint density at radius 1 is 0.971 bits per heavy atom. The van der Waals surface area contributed by atoms with Crippen LogP contribution in [0.2, 0.25) is 0 Å². The molecule has 1 aromatic carbocycles. The number of benzene rings is 1. The maximum Gasteiger partial charge on any atom is 0.244 e. The topological polar surface area (TPSA) is 87.5 Å². The Bertz CT molecular complexity index is 1070. The van der Waals surface area contributed by atoms with Crippen LogP contribution in [0.5, 0.6) is 0 Å². The lowest BCUT2D eigenvalue weighted by Crippen LogP contribution is -2.39. The lowest BCUT2D eigenvalue weighted by atomic mass is 10.1. The minimum Gasteiger partial charge on any atom is -0.337 e. The van der Waals surface area contributed by atoms with E-state index in [1.807, 2.05) is 46.3 Å². The Hall–Kier alpha value is -3.59. The summed E-state index contributed by atoms with van der Waals surface area (Å²) in [5.41, 5.74) is 2.99. The van der Waals surface area contributed by atoms with Gasteiger partial charge in [-0.1, -0.05) is 24.3 Å². The largest absolute Gasteiger partial charge is 0.337 e. The fraction of sp³-hybridized carbons (Fsp3) is 0.400. The fourth-order valence-electron chi connectivity index (χ4n) is 4.36. The SMILES string of the molecule is CC(=O)N1CCCN(Cc2cccnc2)CCCN(C(=O)Cn2cncn2)Cc2ccccc21. The van der Waals surface area contributed by atoms with E-state index in [0.29, 0.717) is 19.6 Å². The molecule has 0 N–H and O–H groups in total. The first-order chi connectivity index (χ1) is 16.6. The van der Waals surface area contributed by atoms with Crippen LogP contribution in [0.3, 0.4) is 0 Å². The van der Waals surface area contributed by atoms with Crippen LogP contribution in [0.4, 0.5) is 5.69 Å². The summed E-state index contributed by atoms with van der Waals surface area (Å²) in [6.45, 7) is 5.92. The summed E-state index contributed by atoms with van der Waals surface area (Å²) in [7, 11) is 0. The van der Waals surface area contributed by atoms with Crippen molar-refractivity contribution in [1.82, 2.24) is 29.5 Å². The highest BCUT2D eigenvalue weighted by atomic mass is 16.2. The summed E-state index contributed by atoms with van der Waals surface area (Å²) in [6, 6.07) is 11.9. The molecule has 3 heterocycles. The predicted octanol–water partition coefficient (Wildman–Crippen LogP) is 2.35. The summed E-state index contributed by atoms with van der Waals surface area (Å²) in [6.07, 6.45) is 8.36. The molecule has 0 radical (unpaired) electrons. The number of nitrogens with zero attached hydrogens (tertiary/aromatic N) is 7. The molecule has 9 nitrogen and oxygen atoms in total. The van der Waals surface area contributed by atoms with E-state index in [1.54, 1.807) is 24.1 Å². The smallest absolute Gasteiger partial charge is 0.244 e. The Balaban J connectivity index is 1.58. The van der Waals surface area contributed by atoms with Gasteiger partial charge in [-0.15, -0.1) is 0 Å². The summed E-state index contributed by atoms with van der Waals surface area (Å²) in [5.74, 6) is -0.0191. The second-order valence-electron chi connectivity index (χ2n) is 8.55. The molecular weight excluding hydrogens is 430 g/mol. The van der Waals surface area contributed by atoms with E-state index in [-0.39, 0.29) is 18.4 Å². The monoisotopic (exact) mass is 461 g/mol. The van der Waals surface area contributed by atoms with Gasteiger partial charge in [0, 0.05) is 64.3 Å². The maximum atomic E-state index is 13.2. The van der Waals surface area contributed by atoms with E-state index >= 15 is 0 Å². The first kappa shape index (κ1) is 23.6. The molecule has 0 bridgehead atoms. The Morgan fingerprint density at radius 2 is 1.79 bits per heavy atom. The van der Waals surface area contributed by atoms with Gasteiger partial charge in [0.2, 0.25) is 11.8 Å². The van der Waals surface area contributed by atoms with Gasteiger partial charge < -0.3 is 9.80 Å². The normalized spacial score (nSPS) is 15.8. The van der Waals surface area contributed by atoms with Crippen LogP contribution in [0, 0.1) is 0 Å². The van der Waals surface area contributed by atoms with Gasteiger partial charge in [0.1, 0.15) is 19.2 Å². The molecule has 4 rings (SSSR count). The van der Waals surface area contributed by atoms with Crippen molar-refractivity contribution in [2.24, 2.45) is 0 Å². The molecular formula is C25H31N7O2. The number of rotatable bonds is 4. The zero-order valence-corrected chi connectivity index (χ0v) is 19.6. The number of aromatic nitrogens is 4. The van der Waals surface area contributed by atoms with Crippen LogP contribution in [-0.2, 0) is 29.2 Å². The number of hydrogen-bond acceptors (Lipinski definition) is 6. The molecule has 0 saturated heterocycles. The Morgan fingerprint density at radius 3 is 2.53 bits per heavy atom. The van der Waals surface area contributed by atoms with Gasteiger partial charge in [-0.25, -0.2) is 9.67 Å². The lowest BCUT2D eigenvalue weighted by Gasteiger charge is -2.31. The zero-order chi connectivity index (χ0) is 23.8. The molecule has 0 saturated carbocycles. The minimum atomic E-state index is -0.0226. The molecule has 0 atom stereocenters. The number of carbonyl (C=O) groups is 2. The quantitative estimate of drug-likeness (QED) is 0.593. The van der Waals surface area contributed by atoms with E-state index in [2.05, 4.69) is 26.0 Å². The number of hydrogen-bond donors (Lipinski definition) is 0. The van der Waals surface area contributed by atoms with Gasteiger partial charge in [0.05, 0.1) is 0 Å². The second kappa shape index (κ2) is 11.5. The van der Waals surface area contributed by atoms with E-state index in [9.17, 15) is 9.59 Å². The van der Waals surface area contributed by atoms with Crippen molar-refractivity contribution in [3.8, 4) is 0 Å². The number of para-hydroxylation sites is 1. The third kappa shape index (κ3) is 6.26. The number of amides is 2. The molecule has 0 fully saturated rings. The highest BCUT2D eigenvalue weighted by Crippen LogP contribution is 2.24. The summed E-state index contributed by atoms with van der Waals surface area (Å²) in [5, 5.41) is 4.08. The number of fused-ring (bicyclic) bond motifs is 1. The third-order valence-electron chi connectivity index (χ3n) is 6.03. The van der Waals surface area contributed by atoms with Crippen LogP contribution >= 0.6 is 0 Å². The summed E-state index contributed by atoms with van der Waals surface area (Å²) >= 11 is 0. The van der Waals surface area contributed by atoms with Gasteiger partial charge >= 0.3 is 0 Å². The van der Waals surface area contributed by atoms with Gasteiger partial charge in [0.15, 0.2) is 0 Å². The molecule has 0 aliphatic carbocycles. The molecule has 2 amide bonds. The van der Waals surface area contributed by atoms with Gasteiger partial charge in [-0.05, 0) is 36.1 Å². The van der Waals surface area contributed by atoms with Crippen molar-refractivity contribution >= 4 is 17.5 Å². The van der Waals surface area contributed by atoms with Gasteiger partial charge in [-0.2, -0.15) is 5.10 Å². The van der Waals surface area contributed by atoms with Crippen molar-refractivity contribution in [2.75, 3.05) is 31.1 Å². The predicted molar refractivity (Wildman–Crippen MR) is 129 cm³/mol. The van der Waals surface area contributed by atoms with Crippen molar-refractivity contribution in [1.29, 1.82) is 0 Å².